The summed E-state index contributed by atoms with van der Waals surface area (Å²) in [5, 5.41) is 17.0. The van der Waals surface area contributed by atoms with Gasteiger partial charge in [-0.05, 0) is 194 Å². The zero-order valence-electron chi connectivity index (χ0n) is 71.8. The Morgan fingerprint density at radius 3 is 0.708 bits per heavy atom. The zero-order valence-corrected chi connectivity index (χ0v) is 71.8. The number of amides is 6. The van der Waals surface area contributed by atoms with Gasteiger partial charge < -0.3 is 77.5 Å². The number of ether oxygens (including phenoxy) is 6. The smallest absolute Gasteiger partial charge is 0.407 e. The molecule has 12 aromatic rings. The molecule has 0 radical (unpaired) electrons. The van der Waals surface area contributed by atoms with Gasteiger partial charge in [-0.1, -0.05) is 273 Å². The van der Waals surface area contributed by atoms with E-state index in [1.165, 1.54) is 0 Å². The highest BCUT2D eigenvalue weighted by Crippen LogP contribution is 2.48. The maximum atomic E-state index is 15.0. The minimum atomic E-state index is -2.24. The molecule has 0 aliphatic heterocycles. The van der Waals surface area contributed by atoms with E-state index < -0.39 is 76.4 Å². The van der Waals surface area contributed by atoms with Crippen LogP contribution in [0.15, 0.2) is 309 Å². The van der Waals surface area contributed by atoms with E-state index in [9.17, 15) is 28.8 Å². The van der Waals surface area contributed by atoms with Gasteiger partial charge in [0.05, 0.1) is 0 Å². The number of fused-ring (bicyclic) bond motifs is 9. The molecule has 0 unspecified atom stereocenters. The molecule has 6 amide bonds. The molecule has 662 valence electrons. The fraction of sp³-hybridized carbons (Fsp3) is 0.236. The second-order valence-corrected chi connectivity index (χ2v) is 32.9. The van der Waals surface area contributed by atoms with Gasteiger partial charge in [0, 0.05) is 60.4 Å². The van der Waals surface area contributed by atoms with E-state index in [0.717, 1.165) is 83.5 Å². The first-order valence-electron chi connectivity index (χ1n) is 43.8. The van der Waals surface area contributed by atoms with Crippen molar-refractivity contribution in [2.45, 2.75) is 118 Å². The minimum absolute atomic E-state index is 0.0624. The average molecular weight is 1740 g/mol. The number of unbranched alkanes of at least 4 members (excludes halogenated alkanes) is 3. The lowest BCUT2D eigenvalue weighted by atomic mass is 9.84. The van der Waals surface area contributed by atoms with Crippen molar-refractivity contribution in [3.05, 3.63) is 376 Å². The van der Waals surface area contributed by atoms with Gasteiger partial charge in [-0.15, -0.1) is 0 Å². The molecule has 0 saturated carbocycles. The largest absolute Gasteiger partial charge is 0.463 e. The van der Waals surface area contributed by atoms with Crippen molar-refractivity contribution in [2.24, 2.45) is 17.2 Å². The van der Waals surface area contributed by atoms with E-state index in [1.54, 1.807) is 72.8 Å². The van der Waals surface area contributed by atoms with Crippen molar-refractivity contribution < 1.29 is 71.6 Å². The lowest BCUT2D eigenvalue weighted by Gasteiger charge is -2.28. The van der Waals surface area contributed by atoms with Gasteiger partial charge in [-0.25, -0.2) is 28.8 Å². The molecule has 0 heterocycles. The number of rotatable bonds is 39. The SMILES string of the molecule is N[C@](CCCCNC(=O)OCc1ccccc1)(C(=O)Nc1ccc(C(c2ccc(NC(=O)[C@](N)(CCCCNC(=O)OCc3ccccc3)C(=O)OCC3c4ccccc4-c4ccccc43)cc2)c2ccc(NC(=O)[C@](N)(CCCCNC(=O)OCc3ccccc3)C(=O)OCC3c4ccccc4-c4ccccc43)cc2)cc1)C(=O)OCC1c2ccccc2-c2ccccc21. The first kappa shape index (κ1) is 90.0. The Balaban J connectivity index is 0.687. The Kier molecular flexibility index (Phi) is 29.2. The van der Waals surface area contributed by atoms with Crippen LogP contribution in [-0.4, -0.2) is 110 Å². The zero-order chi connectivity index (χ0) is 90.4. The van der Waals surface area contributed by atoms with Crippen molar-refractivity contribution in [1.82, 2.24) is 16.0 Å². The highest BCUT2D eigenvalue weighted by Gasteiger charge is 2.48. The summed E-state index contributed by atoms with van der Waals surface area (Å²) in [5.41, 5.74) is 31.6. The van der Waals surface area contributed by atoms with Gasteiger partial charge in [0.2, 0.25) is 0 Å². The van der Waals surface area contributed by atoms with E-state index in [4.69, 9.17) is 45.6 Å². The van der Waals surface area contributed by atoms with Crippen LogP contribution in [0.25, 0.3) is 33.4 Å². The predicted molar refractivity (Wildman–Crippen MR) is 496 cm³/mol. The van der Waals surface area contributed by atoms with Gasteiger partial charge in [-0.3, -0.25) is 14.4 Å². The van der Waals surface area contributed by atoms with Gasteiger partial charge in [-0.2, -0.15) is 0 Å². The fourth-order valence-corrected chi connectivity index (χ4v) is 17.2. The summed E-state index contributed by atoms with van der Waals surface area (Å²) in [6.45, 7) is 0.314. The number of alkyl carbamates (subject to hydrolysis) is 3. The standard InChI is InChI=1S/C106H103N9O15/c107-104(58-22-25-61-110-101(122)128-64-70-28-4-1-5-29-70,98(119)125-67-91-85-40-16-10-34-79(85)80-35-11-17-41-86(80)91)95(116)113-76-52-46-73(47-53-76)94(74-48-54-77(55-49-74)114-96(117)105(108,59-23-26-62-111-102(123)129-65-71-30-6-2-7-31-71)99(120)126-68-92-87-42-18-12-36-81(87)82-37-13-19-43-88(82)92)75-50-56-78(57-51-75)115-97(118)106(109,60-24-27-63-112-103(124)130-66-72-32-8-3-9-33-72)100(121)127-69-93-89-44-20-14-38-83(89)84-39-15-21-45-90(84)93/h1-21,28-57,91-94H,22-27,58-69,107-109H2,(H,110,122)(H,111,123)(H,112,124)(H,113,116)(H,114,117)(H,115,118)/t104-,105-,106-/m1/s1. The lowest BCUT2D eigenvalue weighted by molar-refractivity contribution is -0.155. The van der Waals surface area contributed by atoms with Crippen molar-refractivity contribution in [3.8, 4) is 33.4 Å². The Bertz CT molecular complexity index is 5310. The number of hydrogen-bond acceptors (Lipinski definition) is 18. The van der Waals surface area contributed by atoms with E-state index in [-0.39, 0.29) is 133 Å². The van der Waals surface area contributed by atoms with Gasteiger partial charge in [0.1, 0.15) is 39.6 Å². The molecule has 12 aromatic carbocycles. The average Bonchev–Trinajstić information content (AvgIpc) is 1.65. The summed E-state index contributed by atoms with van der Waals surface area (Å²) in [4.78, 5) is 128. The van der Waals surface area contributed by atoms with Crippen LogP contribution in [0.1, 0.15) is 148 Å². The molecule has 24 heteroatoms. The molecule has 0 saturated heterocycles. The molecule has 15 rings (SSSR count). The number of hydrogen-bond donors (Lipinski definition) is 9. The number of esters is 3. The number of anilines is 3. The highest BCUT2D eigenvalue weighted by atomic mass is 16.6. The van der Waals surface area contributed by atoms with Crippen molar-refractivity contribution in [2.75, 3.05) is 55.4 Å². The normalized spacial score (nSPS) is 13.6. The van der Waals surface area contributed by atoms with Crippen LogP contribution in [0.3, 0.4) is 0 Å². The maximum absolute atomic E-state index is 15.0. The van der Waals surface area contributed by atoms with Crippen LogP contribution < -0.4 is 49.1 Å². The van der Waals surface area contributed by atoms with Crippen molar-refractivity contribution in [1.29, 1.82) is 0 Å². The highest BCUT2D eigenvalue weighted by molar-refractivity contribution is 6.14. The third kappa shape index (κ3) is 21.4. The molecule has 0 aromatic heterocycles. The predicted octanol–water partition coefficient (Wildman–Crippen LogP) is 17.1. The van der Waals surface area contributed by atoms with E-state index in [1.807, 2.05) is 237 Å². The molecule has 3 atom stereocenters. The molecule has 0 spiro atoms. The summed E-state index contributed by atoms with van der Waals surface area (Å²) < 4.78 is 34.7. The Labute approximate surface area is 754 Å². The van der Waals surface area contributed by atoms with Crippen LogP contribution in [-0.2, 0) is 77.0 Å². The molecule has 3 aliphatic carbocycles. The van der Waals surface area contributed by atoms with E-state index >= 15 is 14.4 Å². The molecule has 130 heavy (non-hydrogen) atoms. The molecule has 24 nitrogen and oxygen atoms in total. The van der Waals surface area contributed by atoms with Gasteiger partial charge in [0.25, 0.3) is 17.7 Å². The summed E-state index contributed by atoms with van der Waals surface area (Å²) in [7, 11) is 0. The maximum Gasteiger partial charge on any atom is 0.407 e. The fourth-order valence-electron chi connectivity index (χ4n) is 17.2. The monoisotopic (exact) mass is 1740 g/mol. The summed E-state index contributed by atoms with van der Waals surface area (Å²) in [5.74, 6) is -7.08. The van der Waals surface area contributed by atoms with E-state index in [2.05, 4.69) is 31.9 Å². The molecule has 0 bridgehead atoms. The van der Waals surface area contributed by atoms with Crippen LogP contribution in [0.4, 0.5) is 31.4 Å². The number of carbonyl (C=O) groups excluding carboxylic acids is 9. The molecule has 12 N–H and O–H groups in total. The molecule has 0 fully saturated rings. The van der Waals surface area contributed by atoms with Gasteiger partial charge in [0.15, 0.2) is 16.6 Å². The number of benzene rings is 12. The number of nitrogens with two attached hydrogens (primary N) is 3. The second-order valence-electron chi connectivity index (χ2n) is 32.9. The third-order valence-electron chi connectivity index (χ3n) is 24.3. The van der Waals surface area contributed by atoms with Crippen LogP contribution in [0.5, 0.6) is 0 Å². The van der Waals surface area contributed by atoms with E-state index in [0.29, 0.717) is 36.0 Å². The first-order valence-corrected chi connectivity index (χ1v) is 43.8. The lowest BCUT2D eigenvalue weighted by Crippen LogP contribution is -2.58. The number of nitrogens with one attached hydrogen (secondary N) is 6. The Morgan fingerprint density at radius 1 is 0.262 bits per heavy atom. The topological polar surface area (TPSA) is 359 Å². The van der Waals surface area contributed by atoms with Crippen LogP contribution in [0.2, 0.25) is 0 Å². The molecular weight excluding hydrogens is 1640 g/mol. The Morgan fingerprint density at radius 2 is 0.477 bits per heavy atom. The van der Waals surface area contributed by atoms with Crippen molar-refractivity contribution >= 4 is 71.0 Å². The molecular formula is C106H103N9O15. The van der Waals surface area contributed by atoms with Gasteiger partial charge >= 0.3 is 36.2 Å². The van der Waals surface area contributed by atoms with Crippen LogP contribution >= 0.6 is 0 Å². The van der Waals surface area contributed by atoms with Crippen LogP contribution in [0, 0.1) is 0 Å². The number of carbonyl (C=O) groups is 9. The summed E-state index contributed by atoms with van der Waals surface area (Å²) in [6, 6.07) is 95.8. The van der Waals surface area contributed by atoms with Crippen molar-refractivity contribution in [3.63, 3.8) is 0 Å². The third-order valence-corrected chi connectivity index (χ3v) is 24.3. The Hall–Kier alpha value is -14.9. The quantitative estimate of drug-likeness (QED) is 0.00568. The summed E-state index contributed by atoms with van der Waals surface area (Å²) >= 11 is 0. The second kappa shape index (κ2) is 42.2. The first-order chi connectivity index (χ1) is 63.3. The minimum Gasteiger partial charge on any atom is -0.463 e. The summed E-state index contributed by atoms with van der Waals surface area (Å²) in [6.07, 6.45) is -0.856. The molecule has 3 aliphatic rings.